The number of benzene rings is 1. The lowest BCUT2D eigenvalue weighted by molar-refractivity contribution is 0.283. The Labute approximate surface area is 111 Å². The van der Waals surface area contributed by atoms with Gasteiger partial charge in [0.1, 0.15) is 0 Å². The van der Waals surface area contributed by atoms with Crippen LogP contribution in [0, 0.1) is 0 Å². The number of nitrogens with zero attached hydrogens (tertiary/aromatic N) is 1. The molecule has 0 aliphatic heterocycles. The molecule has 0 saturated heterocycles. The molecule has 1 N–H and O–H groups in total. The Balaban J connectivity index is 2.02. The maximum Gasteiger partial charge on any atom is 0.0449 e. The van der Waals surface area contributed by atoms with Gasteiger partial charge in [0.05, 0.1) is 0 Å². The van der Waals surface area contributed by atoms with Crippen molar-refractivity contribution < 1.29 is 0 Å². The predicted molar refractivity (Wildman–Crippen MR) is 77.9 cm³/mol. The van der Waals surface area contributed by atoms with Gasteiger partial charge in [0.2, 0.25) is 0 Å². The maximum atomic E-state index is 3.61. The third-order valence-corrected chi connectivity index (χ3v) is 3.88. The zero-order valence-corrected chi connectivity index (χ0v) is 11.9. The topological polar surface area (TPSA) is 15.3 Å². The lowest BCUT2D eigenvalue weighted by atomic mass is 10.0. The Morgan fingerprint density at radius 1 is 1.22 bits per heavy atom. The van der Waals surface area contributed by atoms with Crippen molar-refractivity contribution in [1.82, 2.24) is 10.2 Å². The van der Waals surface area contributed by atoms with E-state index >= 15 is 0 Å². The first-order valence-electron chi connectivity index (χ1n) is 7.27. The van der Waals surface area contributed by atoms with Crippen molar-refractivity contribution in [2.45, 2.75) is 45.2 Å². The second-order valence-corrected chi connectivity index (χ2v) is 5.38. The second kappa shape index (κ2) is 6.35. The largest absolute Gasteiger partial charge is 0.309 e. The minimum absolute atomic E-state index is 0.464. The van der Waals surface area contributed by atoms with Crippen molar-refractivity contribution in [3.63, 3.8) is 0 Å². The van der Waals surface area contributed by atoms with Gasteiger partial charge in [-0.05, 0) is 44.0 Å². The van der Waals surface area contributed by atoms with Gasteiger partial charge in [-0.25, -0.2) is 0 Å². The summed E-state index contributed by atoms with van der Waals surface area (Å²) in [4.78, 5) is 2.50. The zero-order chi connectivity index (χ0) is 13.0. The Hall–Kier alpha value is -0.860. The van der Waals surface area contributed by atoms with Gasteiger partial charge in [0, 0.05) is 18.6 Å². The summed E-state index contributed by atoms with van der Waals surface area (Å²) < 4.78 is 0. The number of nitrogens with one attached hydrogen (secondary N) is 1. The van der Waals surface area contributed by atoms with Crippen molar-refractivity contribution >= 4 is 0 Å². The van der Waals surface area contributed by atoms with Crippen molar-refractivity contribution in [3.05, 3.63) is 35.4 Å². The summed E-state index contributed by atoms with van der Waals surface area (Å²) >= 11 is 0. The summed E-state index contributed by atoms with van der Waals surface area (Å²) in [5.74, 6) is 0. The average molecular weight is 246 g/mol. The van der Waals surface area contributed by atoms with E-state index in [9.17, 15) is 0 Å². The molecule has 0 radical (unpaired) electrons. The predicted octanol–water partition coefficient (Wildman–Crippen LogP) is 2.99. The highest BCUT2D eigenvalue weighted by molar-refractivity contribution is 5.25. The van der Waals surface area contributed by atoms with Gasteiger partial charge in [-0.2, -0.15) is 0 Å². The van der Waals surface area contributed by atoms with Crippen molar-refractivity contribution in [2.24, 2.45) is 0 Å². The Bertz CT molecular complexity index is 354. The molecule has 0 amide bonds. The summed E-state index contributed by atoms with van der Waals surface area (Å²) in [5, 5.41) is 3.61. The molecule has 2 heteroatoms. The van der Waals surface area contributed by atoms with Gasteiger partial charge in [-0.15, -0.1) is 0 Å². The van der Waals surface area contributed by atoms with E-state index in [-0.39, 0.29) is 0 Å². The van der Waals surface area contributed by atoms with Crippen LogP contribution in [0.3, 0.4) is 0 Å². The molecular formula is C16H26N2. The summed E-state index contributed by atoms with van der Waals surface area (Å²) in [5.41, 5.74) is 2.84. The van der Waals surface area contributed by atoms with E-state index < -0.39 is 0 Å². The highest BCUT2D eigenvalue weighted by Gasteiger charge is 2.27. The van der Waals surface area contributed by atoms with Crippen LogP contribution in [0.4, 0.5) is 0 Å². The molecule has 2 nitrogen and oxygen atoms in total. The lowest BCUT2D eigenvalue weighted by Crippen LogP contribution is -2.34. The molecule has 0 bridgehead atoms. The fraction of sp³-hybridized carbons (Fsp3) is 0.625. The van der Waals surface area contributed by atoms with E-state index in [1.54, 1.807) is 0 Å². The first-order chi connectivity index (χ1) is 8.74. The molecule has 18 heavy (non-hydrogen) atoms. The number of likely N-dealkylation sites (N-methyl/N-ethyl adjacent to an activating group) is 2. The summed E-state index contributed by atoms with van der Waals surface area (Å²) in [6.07, 6.45) is 3.88. The zero-order valence-electron chi connectivity index (χ0n) is 11.9. The fourth-order valence-electron chi connectivity index (χ4n) is 2.47. The van der Waals surface area contributed by atoms with Crippen LogP contribution in [0.5, 0.6) is 0 Å². The first kappa shape index (κ1) is 13.6. The number of aryl methyl sites for hydroxylation is 1. The van der Waals surface area contributed by atoms with E-state index in [1.807, 2.05) is 0 Å². The maximum absolute atomic E-state index is 3.61. The van der Waals surface area contributed by atoms with Gasteiger partial charge < -0.3 is 10.2 Å². The second-order valence-electron chi connectivity index (χ2n) is 5.38. The van der Waals surface area contributed by atoms with Gasteiger partial charge in [0.15, 0.2) is 0 Å². The summed E-state index contributed by atoms with van der Waals surface area (Å²) in [6, 6.07) is 10.4. The van der Waals surface area contributed by atoms with Gasteiger partial charge >= 0.3 is 0 Å². The molecule has 1 aromatic rings. The van der Waals surface area contributed by atoms with Gasteiger partial charge in [-0.1, -0.05) is 38.1 Å². The molecule has 1 aliphatic carbocycles. The van der Waals surface area contributed by atoms with Crippen LogP contribution in [0.1, 0.15) is 43.9 Å². The normalized spacial score (nSPS) is 17.1. The molecule has 1 atom stereocenters. The molecule has 1 fully saturated rings. The Morgan fingerprint density at radius 2 is 1.89 bits per heavy atom. The minimum Gasteiger partial charge on any atom is -0.309 e. The first-order valence-corrected chi connectivity index (χ1v) is 7.27. The third kappa shape index (κ3) is 3.56. The van der Waals surface area contributed by atoms with Crippen LogP contribution in [-0.4, -0.2) is 31.1 Å². The molecule has 1 aromatic carbocycles. The SMILES string of the molecule is CCNC(CN(C)C1CC1)c1ccc(CC)cc1. The molecule has 0 heterocycles. The highest BCUT2D eigenvalue weighted by atomic mass is 15.2. The number of hydrogen-bond donors (Lipinski definition) is 1. The van der Waals surface area contributed by atoms with Gasteiger partial charge in [-0.3, -0.25) is 0 Å². The summed E-state index contributed by atoms with van der Waals surface area (Å²) in [7, 11) is 2.25. The van der Waals surface area contributed by atoms with Crippen LogP contribution < -0.4 is 5.32 Å². The molecule has 1 aliphatic rings. The standard InChI is InChI=1S/C16H26N2/c1-4-13-6-8-14(9-7-13)16(17-5-2)12-18(3)15-10-11-15/h6-9,15-17H,4-5,10-12H2,1-3H3. The Kier molecular flexibility index (Phi) is 4.79. The smallest absolute Gasteiger partial charge is 0.0449 e. The van der Waals surface area contributed by atoms with Gasteiger partial charge in [0.25, 0.3) is 0 Å². The van der Waals surface area contributed by atoms with E-state index in [0.29, 0.717) is 6.04 Å². The van der Waals surface area contributed by atoms with Crippen LogP contribution in [-0.2, 0) is 6.42 Å². The van der Waals surface area contributed by atoms with Crippen LogP contribution in [0.2, 0.25) is 0 Å². The molecule has 2 rings (SSSR count). The van der Waals surface area contributed by atoms with E-state index in [1.165, 1.54) is 24.0 Å². The van der Waals surface area contributed by atoms with E-state index in [4.69, 9.17) is 0 Å². The Morgan fingerprint density at radius 3 is 2.39 bits per heavy atom. The van der Waals surface area contributed by atoms with E-state index in [2.05, 4.69) is 55.4 Å². The monoisotopic (exact) mass is 246 g/mol. The van der Waals surface area contributed by atoms with Crippen LogP contribution in [0.25, 0.3) is 0 Å². The average Bonchev–Trinajstić information content (AvgIpc) is 3.22. The van der Waals surface area contributed by atoms with E-state index in [0.717, 1.165) is 25.6 Å². The van der Waals surface area contributed by atoms with Crippen LogP contribution >= 0.6 is 0 Å². The summed E-state index contributed by atoms with van der Waals surface area (Å²) in [6.45, 7) is 6.53. The molecule has 100 valence electrons. The third-order valence-electron chi connectivity index (χ3n) is 3.88. The number of hydrogen-bond acceptors (Lipinski definition) is 2. The van der Waals surface area contributed by atoms with Crippen molar-refractivity contribution in [1.29, 1.82) is 0 Å². The fourth-order valence-corrected chi connectivity index (χ4v) is 2.47. The molecule has 1 saturated carbocycles. The highest BCUT2D eigenvalue weighted by Crippen LogP contribution is 2.27. The van der Waals surface area contributed by atoms with Crippen molar-refractivity contribution in [3.8, 4) is 0 Å². The molecule has 0 aromatic heterocycles. The molecule has 1 unspecified atom stereocenters. The minimum atomic E-state index is 0.464. The molecule has 0 spiro atoms. The number of rotatable bonds is 7. The lowest BCUT2D eigenvalue weighted by Gasteiger charge is -2.25. The van der Waals surface area contributed by atoms with Crippen LogP contribution in [0.15, 0.2) is 24.3 Å². The molecular weight excluding hydrogens is 220 g/mol. The quantitative estimate of drug-likeness (QED) is 0.795. The van der Waals surface area contributed by atoms with Crippen molar-refractivity contribution in [2.75, 3.05) is 20.1 Å².